The summed E-state index contributed by atoms with van der Waals surface area (Å²) in [5.41, 5.74) is 9.11. The van der Waals surface area contributed by atoms with Crippen LogP contribution in [0, 0.1) is 5.92 Å². The molecule has 6 aromatic rings. The Bertz CT molecular complexity index is 4930. The summed E-state index contributed by atoms with van der Waals surface area (Å²) in [6.07, 6.45) is -18.6. The first kappa shape index (κ1) is 92.1. The van der Waals surface area contributed by atoms with Crippen molar-refractivity contribution >= 4 is 70.5 Å². The largest absolute Gasteiger partial charge is 0.508 e. The number of fused-ring (bicyclic) bond motifs is 15. The number of phenolic OH excluding ortho intramolecular Hbond substituents is 3. The van der Waals surface area contributed by atoms with Crippen LogP contribution in [0.25, 0.3) is 11.1 Å². The van der Waals surface area contributed by atoms with Crippen molar-refractivity contribution in [2.75, 3.05) is 13.7 Å². The van der Waals surface area contributed by atoms with Gasteiger partial charge in [-0.25, -0.2) is 4.79 Å². The minimum Gasteiger partial charge on any atom is -0.508 e. The van der Waals surface area contributed by atoms with Crippen LogP contribution in [-0.2, 0) is 75.0 Å². The van der Waals surface area contributed by atoms with Gasteiger partial charge in [0, 0.05) is 53.2 Å². The SMILES string of the molecule is CCCCCc1ccc(CN[C@@]2(C)C[C@H](O[C@H]3[C@H](Oc4c5cc6cc4Oc4ccc(cc4Cl)[C@@H](O[C@H]4C[C@](C)(N)[C@@H](O)[C@H](C)O4)[C@@H]4NC(=O)[C@H](NC(=O)[C@@H]6NC(=O)[C@H](CC(N)=O)NC(=O)[C@H](NC(=O)[C@@H](CC(C)C)NC)[C@H](O)c6ccc(c(Cl)c6)O5)c5ccc(O)c(c5)-c5c(O)cc(O)cc5[C@@H](C(=O)O)NC4=O)O[C@H](CO)[C@@H](O)[C@@H]3O)O[C@@H](C)[C@@H]2O)cc1. The Kier molecular flexibility index (Phi) is 28.9. The Morgan fingerprint density at radius 1 is 0.659 bits per heavy atom. The molecule has 664 valence electrons. The maximum Gasteiger partial charge on any atom is 0.330 e. The summed E-state index contributed by atoms with van der Waals surface area (Å²) in [6, 6.07) is 7.74. The van der Waals surface area contributed by atoms with Gasteiger partial charge in [-0.05, 0) is 148 Å². The molecule has 0 saturated carbocycles. The lowest BCUT2D eigenvalue weighted by molar-refractivity contribution is -0.334. The first-order valence-electron chi connectivity index (χ1n) is 40.4. The summed E-state index contributed by atoms with van der Waals surface area (Å²) >= 11 is 14.7. The number of carbonyl (C=O) groups excluding carboxylic acids is 7. The van der Waals surface area contributed by atoms with Gasteiger partial charge in [-0.2, -0.15) is 0 Å². The number of rotatable bonds is 22. The standard InChI is InChI=1S/C85H104Cl2N10O26/c1-9-10-11-12-39-13-15-40(16-14-39)34-91-85(7)33-61(117-38(5)75(85)107)122-73-70(105)69(104)58(35-98)120-83(73)123-72-56-27-44-28-57(72)119-55-22-19-43(26-49(55)87)71(121-60-32-84(6,89)74(106)37(4)116-60)67-81(113)95-65(82(114)115)47-29-45(99)30-53(101)62(47)46-24-41(17-20-52(46)100)63(78(110)97-67)94-79(111)64(44)93-77(109)51(31-59(88)102)92-80(112)66(96-76(108)50(90-8)23-36(2)3)68(103)42-18-21-54(118-56)48(86)25-42/h13-22,24-30,36-38,50-51,58,60-61,63-71,73-75,83,90-91,98-101,103-107H,9-12,23,31-35,89H2,1-8H3,(H2,88,102)(H,92,112)(H,93,109)(H,94,111)(H,95,113)(H,96,108)(H,97,110)(H,114,115)/t37-,38-,50+,51-,58+,60-,61-,63+,64+,65-,66+,67-,68+,69+,70-,71+,73+,74-,75-,83-,84-,85-/m0/s1. The molecule has 14 rings (SSSR count). The number of nitrogens with two attached hydrogens (primary N) is 2. The molecular formula is C85H104Cl2N10O26. The van der Waals surface area contributed by atoms with Gasteiger partial charge < -0.3 is 143 Å². The number of aliphatic carboxylic acids is 1. The lowest BCUT2D eigenvalue weighted by Gasteiger charge is -2.48. The van der Waals surface area contributed by atoms with Crippen molar-refractivity contribution in [1.82, 2.24) is 42.5 Å². The number of aliphatic hydroxyl groups is 6. The number of aromatic hydroxyl groups is 3. The number of hydrogen-bond acceptors (Lipinski definition) is 28. The van der Waals surface area contributed by atoms with Crippen molar-refractivity contribution in [3.05, 3.63) is 152 Å². The molecule has 7 amide bonds. The predicted molar refractivity (Wildman–Crippen MR) is 438 cm³/mol. The molecule has 11 bridgehead atoms. The molecule has 0 aromatic heterocycles. The number of halogens is 2. The molecule has 3 saturated heterocycles. The highest BCUT2D eigenvalue weighted by Crippen LogP contribution is 2.51. The number of hydrogen-bond donors (Lipinski definition) is 20. The Morgan fingerprint density at radius 3 is 1.89 bits per heavy atom. The fourth-order valence-corrected chi connectivity index (χ4v) is 16.6. The van der Waals surface area contributed by atoms with Gasteiger partial charge >= 0.3 is 5.97 Å². The van der Waals surface area contributed by atoms with Crippen molar-refractivity contribution in [2.24, 2.45) is 17.4 Å². The van der Waals surface area contributed by atoms with Crippen molar-refractivity contribution in [3.8, 4) is 57.1 Å². The molecule has 8 aliphatic rings. The number of nitrogens with one attached hydrogen (secondary N) is 8. The van der Waals surface area contributed by atoms with E-state index in [1.54, 1.807) is 13.8 Å². The molecule has 8 aliphatic heterocycles. The summed E-state index contributed by atoms with van der Waals surface area (Å²) in [6.45, 7) is 11.3. The van der Waals surface area contributed by atoms with Crippen molar-refractivity contribution in [3.63, 3.8) is 0 Å². The summed E-state index contributed by atoms with van der Waals surface area (Å²) in [5.74, 6) is -16.0. The maximum absolute atomic E-state index is 16.5. The lowest BCUT2D eigenvalue weighted by atomic mass is 9.84. The molecule has 0 spiro atoms. The molecule has 38 heteroatoms. The van der Waals surface area contributed by atoms with Crippen LogP contribution < -0.4 is 68.2 Å². The topological polar surface area (TPSA) is 561 Å². The minimum absolute atomic E-state index is 0.114. The van der Waals surface area contributed by atoms with Crippen molar-refractivity contribution in [2.45, 2.75) is 240 Å². The van der Waals surface area contributed by atoms with E-state index in [4.69, 9.17) is 72.6 Å². The molecular weight excluding hydrogens is 1650 g/mol. The van der Waals surface area contributed by atoms with Gasteiger partial charge in [0.2, 0.25) is 53.4 Å². The van der Waals surface area contributed by atoms with Crippen LogP contribution in [0.1, 0.15) is 163 Å². The van der Waals surface area contributed by atoms with E-state index in [2.05, 4.69) is 49.5 Å². The van der Waals surface area contributed by atoms with Gasteiger partial charge in [0.05, 0.1) is 53.5 Å². The van der Waals surface area contributed by atoms with Crippen LogP contribution in [0.4, 0.5) is 0 Å². The number of carboxylic acids is 1. The van der Waals surface area contributed by atoms with Gasteiger partial charge in [0.15, 0.2) is 36.2 Å². The lowest BCUT2D eigenvalue weighted by Crippen LogP contribution is -2.65. The van der Waals surface area contributed by atoms with Crippen LogP contribution >= 0.6 is 23.2 Å². The zero-order chi connectivity index (χ0) is 89.1. The van der Waals surface area contributed by atoms with Crippen LogP contribution in [0.5, 0.6) is 46.0 Å². The van der Waals surface area contributed by atoms with Gasteiger partial charge in [-0.1, -0.05) is 99.3 Å². The Hall–Kier alpha value is -10.1. The third-order valence-electron chi connectivity index (χ3n) is 22.9. The molecule has 123 heavy (non-hydrogen) atoms. The Morgan fingerprint density at radius 2 is 1.27 bits per heavy atom. The third kappa shape index (κ3) is 20.6. The molecule has 8 heterocycles. The molecule has 3 fully saturated rings. The quantitative estimate of drug-likeness (QED) is 0.0428. The number of primary amides is 1. The highest BCUT2D eigenvalue weighted by Gasteiger charge is 2.53. The van der Waals surface area contributed by atoms with Crippen LogP contribution in [-0.4, -0.2) is 215 Å². The van der Waals surface area contributed by atoms with E-state index in [1.807, 2.05) is 38.1 Å². The van der Waals surface area contributed by atoms with E-state index in [0.29, 0.717) is 0 Å². The van der Waals surface area contributed by atoms with Gasteiger partial charge in [-0.15, -0.1) is 0 Å². The first-order valence-corrected chi connectivity index (χ1v) is 41.1. The Labute approximate surface area is 716 Å². The first-order chi connectivity index (χ1) is 58.3. The highest BCUT2D eigenvalue weighted by atomic mass is 35.5. The fourth-order valence-electron chi connectivity index (χ4n) is 16.1. The monoisotopic (exact) mass is 1750 g/mol. The average molecular weight is 1750 g/mol. The summed E-state index contributed by atoms with van der Waals surface area (Å²) in [4.78, 5) is 121. The number of ether oxygens (including phenoxy) is 8. The molecule has 0 unspecified atom stereocenters. The number of carboxylic acid groups (broad SMARTS) is 1. The van der Waals surface area contributed by atoms with E-state index in [0.717, 1.165) is 85.3 Å². The van der Waals surface area contributed by atoms with Gasteiger partial charge in [0.25, 0.3) is 0 Å². The number of amides is 7. The van der Waals surface area contributed by atoms with Crippen LogP contribution in [0.3, 0.4) is 0 Å². The molecule has 0 aliphatic carbocycles. The molecule has 22 N–H and O–H groups in total. The van der Waals surface area contributed by atoms with Crippen molar-refractivity contribution < 1.29 is 127 Å². The van der Waals surface area contributed by atoms with Crippen LogP contribution in [0.2, 0.25) is 10.0 Å². The molecule has 22 atom stereocenters. The number of phenols is 3. The second kappa shape index (κ2) is 38.6. The minimum atomic E-state index is -2.39. The van der Waals surface area contributed by atoms with E-state index in [-0.39, 0.29) is 59.2 Å². The summed E-state index contributed by atoms with van der Waals surface area (Å²) in [7, 11) is 1.48. The maximum atomic E-state index is 16.5. The number of likely N-dealkylation sites (N-methyl/N-ethyl adjacent to an activating group) is 1. The number of carbonyl (C=O) groups is 8. The zero-order valence-corrected chi connectivity index (χ0v) is 69.9. The second-order valence-corrected chi connectivity index (χ2v) is 33.6. The molecule has 36 nitrogen and oxygen atoms in total. The zero-order valence-electron chi connectivity index (χ0n) is 68.4. The highest BCUT2D eigenvalue weighted by molar-refractivity contribution is 6.32. The Balaban J connectivity index is 1.08. The molecule has 6 aromatic carbocycles. The van der Waals surface area contributed by atoms with E-state index in [1.165, 1.54) is 51.2 Å². The number of aryl methyl sites for hydroxylation is 1. The van der Waals surface area contributed by atoms with E-state index in [9.17, 15) is 65.4 Å². The van der Waals surface area contributed by atoms with E-state index >= 15 is 24.0 Å². The fraction of sp³-hybridized carbons (Fsp3) is 0.482. The van der Waals surface area contributed by atoms with Gasteiger partial charge in [-0.3, -0.25) is 33.6 Å². The summed E-state index contributed by atoms with van der Waals surface area (Å²) in [5, 5.41) is 137. The second-order valence-electron chi connectivity index (χ2n) is 32.8. The number of unbranched alkanes of at least 4 members (excludes halogenated alkanes) is 2. The summed E-state index contributed by atoms with van der Waals surface area (Å²) < 4.78 is 52.9. The molecule has 0 radical (unpaired) electrons. The van der Waals surface area contributed by atoms with Gasteiger partial charge in [0.1, 0.15) is 89.5 Å². The predicted octanol–water partition coefficient (Wildman–Crippen LogP) is 3.91. The van der Waals surface area contributed by atoms with E-state index < -0.39 is 261 Å². The normalized spacial score (nSPS) is 30.1. The van der Waals surface area contributed by atoms with Crippen LogP contribution in [0.15, 0.2) is 103 Å². The average Bonchev–Trinajstić information content (AvgIpc) is 0.762. The third-order valence-corrected chi connectivity index (χ3v) is 23.5. The number of benzene rings is 6. The smallest absolute Gasteiger partial charge is 0.330 e. The number of aliphatic hydroxyl groups excluding tert-OH is 6. The van der Waals surface area contributed by atoms with Crippen molar-refractivity contribution in [1.29, 1.82) is 0 Å².